The van der Waals surface area contributed by atoms with Crippen LogP contribution >= 0.6 is 0 Å². The number of hydrogen-bond acceptors (Lipinski definition) is 5. The number of pyridine rings is 1. The number of esters is 1. The summed E-state index contributed by atoms with van der Waals surface area (Å²) in [4.78, 5) is 15.8. The fraction of sp³-hybridized carbons (Fsp3) is 0.571. The van der Waals surface area contributed by atoms with Gasteiger partial charge in [0.15, 0.2) is 0 Å². The van der Waals surface area contributed by atoms with Crippen molar-refractivity contribution >= 4 is 11.7 Å². The molecule has 0 aliphatic heterocycles. The van der Waals surface area contributed by atoms with Crippen LogP contribution in [0.15, 0.2) is 12.3 Å². The van der Waals surface area contributed by atoms with Crippen molar-refractivity contribution in [1.29, 1.82) is 0 Å². The Labute approximate surface area is 113 Å². The lowest BCUT2D eigenvalue weighted by Crippen LogP contribution is -2.25. The highest BCUT2D eigenvalue weighted by Crippen LogP contribution is 2.28. The molecule has 1 aromatic rings. The van der Waals surface area contributed by atoms with Crippen LogP contribution in [0.25, 0.3) is 0 Å². The van der Waals surface area contributed by atoms with E-state index in [9.17, 15) is 4.79 Å². The first kappa shape index (κ1) is 13.6. The van der Waals surface area contributed by atoms with Crippen molar-refractivity contribution in [2.75, 3.05) is 12.8 Å². The molecular weight excluding hydrogens is 244 g/mol. The minimum atomic E-state index is -0.473. The molecule has 0 aromatic carbocycles. The first-order valence-corrected chi connectivity index (χ1v) is 6.60. The lowest BCUT2D eigenvalue weighted by Gasteiger charge is -2.27. The van der Waals surface area contributed by atoms with Crippen molar-refractivity contribution in [3.8, 4) is 5.88 Å². The molecule has 0 radical (unpaired) electrons. The number of rotatable bonds is 3. The topological polar surface area (TPSA) is 74.4 Å². The highest BCUT2D eigenvalue weighted by atomic mass is 16.5. The van der Waals surface area contributed by atoms with Gasteiger partial charge in [0.25, 0.3) is 0 Å². The number of ether oxygens (including phenoxy) is 2. The summed E-state index contributed by atoms with van der Waals surface area (Å²) in [5.41, 5.74) is 6.36. The van der Waals surface area contributed by atoms with Crippen LogP contribution in [0, 0.1) is 5.92 Å². The van der Waals surface area contributed by atoms with Gasteiger partial charge in [-0.2, -0.15) is 0 Å². The zero-order valence-electron chi connectivity index (χ0n) is 11.4. The van der Waals surface area contributed by atoms with Gasteiger partial charge in [0.1, 0.15) is 11.7 Å². The molecule has 2 rings (SSSR count). The smallest absolute Gasteiger partial charge is 0.343 e. The van der Waals surface area contributed by atoms with Crippen molar-refractivity contribution < 1.29 is 14.3 Å². The number of carbonyl (C=O) groups excluding carboxylic acids is 1. The first-order chi connectivity index (χ1) is 9.10. The van der Waals surface area contributed by atoms with Crippen molar-refractivity contribution in [3.05, 3.63) is 17.8 Å². The fourth-order valence-electron chi connectivity index (χ4n) is 2.46. The SMILES string of the molecule is COC(=O)c1cc(N)cnc1OC1CCCC(C)C1. The molecule has 104 valence electrons. The van der Waals surface area contributed by atoms with Crippen molar-refractivity contribution in [3.63, 3.8) is 0 Å². The number of methoxy groups -OCH3 is 1. The summed E-state index contributed by atoms with van der Waals surface area (Å²) < 4.78 is 10.6. The fourth-order valence-corrected chi connectivity index (χ4v) is 2.46. The zero-order chi connectivity index (χ0) is 13.8. The highest BCUT2D eigenvalue weighted by molar-refractivity contribution is 5.92. The maximum Gasteiger partial charge on any atom is 0.343 e. The van der Waals surface area contributed by atoms with E-state index in [4.69, 9.17) is 15.2 Å². The monoisotopic (exact) mass is 264 g/mol. The molecule has 19 heavy (non-hydrogen) atoms. The van der Waals surface area contributed by atoms with E-state index >= 15 is 0 Å². The van der Waals surface area contributed by atoms with E-state index in [1.807, 2.05) is 0 Å². The number of hydrogen-bond donors (Lipinski definition) is 1. The van der Waals surface area contributed by atoms with Gasteiger partial charge in [0.2, 0.25) is 5.88 Å². The van der Waals surface area contributed by atoms with Crippen LogP contribution in [-0.2, 0) is 4.74 Å². The van der Waals surface area contributed by atoms with Gasteiger partial charge in [-0.25, -0.2) is 9.78 Å². The van der Waals surface area contributed by atoms with Gasteiger partial charge in [-0.1, -0.05) is 13.3 Å². The lowest BCUT2D eigenvalue weighted by atomic mass is 9.89. The molecule has 0 bridgehead atoms. The Morgan fingerprint density at radius 2 is 2.26 bits per heavy atom. The number of nitrogens with two attached hydrogens (primary N) is 1. The lowest BCUT2D eigenvalue weighted by molar-refractivity contribution is 0.0585. The largest absolute Gasteiger partial charge is 0.474 e. The van der Waals surface area contributed by atoms with Crippen LogP contribution in [0.2, 0.25) is 0 Å². The van der Waals surface area contributed by atoms with E-state index in [0.29, 0.717) is 23.0 Å². The minimum Gasteiger partial charge on any atom is -0.474 e. The summed E-state index contributed by atoms with van der Waals surface area (Å²) >= 11 is 0. The minimum absolute atomic E-state index is 0.114. The van der Waals surface area contributed by atoms with Crippen molar-refractivity contribution in [1.82, 2.24) is 4.98 Å². The maximum absolute atomic E-state index is 11.7. The molecule has 1 saturated carbocycles. The van der Waals surface area contributed by atoms with E-state index in [1.54, 1.807) is 6.07 Å². The standard InChI is InChI=1S/C14H20N2O3/c1-9-4-3-5-11(6-9)19-13-12(14(17)18-2)7-10(15)8-16-13/h7-9,11H,3-6,15H2,1-2H3. The predicted molar refractivity (Wildman–Crippen MR) is 72.0 cm³/mol. The average molecular weight is 264 g/mol. The summed E-state index contributed by atoms with van der Waals surface area (Å²) in [5, 5.41) is 0. The quantitative estimate of drug-likeness (QED) is 0.848. The van der Waals surface area contributed by atoms with E-state index in [1.165, 1.54) is 19.7 Å². The first-order valence-electron chi connectivity index (χ1n) is 6.60. The third kappa shape index (κ3) is 3.36. The maximum atomic E-state index is 11.7. The Balaban J connectivity index is 2.17. The van der Waals surface area contributed by atoms with E-state index in [-0.39, 0.29) is 6.10 Å². The summed E-state index contributed by atoms with van der Waals surface area (Å²) in [6, 6.07) is 1.54. The van der Waals surface area contributed by atoms with Gasteiger partial charge in [-0.3, -0.25) is 0 Å². The Kier molecular flexibility index (Phi) is 4.24. The van der Waals surface area contributed by atoms with Gasteiger partial charge in [0, 0.05) is 0 Å². The van der Waals surface area contributed by atoms with Gasteiger partial charge in [0.05, 0.1) is 19.0 Å². The molecule has 2 N–H and O–H groups in total. The number of anilines is 1. The van der Waals surface area contributed by atoms with Gasteiger partial charge >= 0.3 is 5.97 Å². The highest BCUT2D eigenvalue weighted by Gasteiger charge is 2.23. The molecule has 1 fully saturated rings. The molecule has 1 heterocycles. The average Bonchev–Trinajstić information content (AvgIpc) is 2.40. The number of nitrogen functional groups attached to an aromatic ring is 1. The van der Waals surface area contributed by atoms with Crippen LogP contribution in [0.4, 0.5) is 5.69 Å². The van der Waals surface area contributed by atoms with Crippen LogP contribution in [0.3, 0.4) is 0 Å². The predicted octanol–water partition coefficient (Wildman–Crippen LogP) is 2.41. The molecule has 5 heteroatoms. The normalized spacial score (nSPS) is 22.8. The Morgan fingerprint density at radius 3 is 2.95 bits per heavy atom. The van der Waals surface area contributed by atoms with Gasteiger partial charge < -0.3 is 15.2 Å². The second-order valence-electron chi connectivity index (χ2n) is 5.12. The molecule has 2 unspecified atom stereocenters. The summed E-state index contributed by atoms with van der Waals surface area (Å²) in [6.07, 6.45) is 5.98. The van der Waals surface area contributed by atoms with Crippen molar-refractivity contribution in [2.24, 2.45) is 5.92 Å². The van der Waals surface area contributed by atoms with Crippen LogP contribution in [0.1, 0.15) is 43.0 Å². The molecule has 0 saturated heterocycles. The Bertz CT molecular complexity index is 462. The number of aromatic nitrogens is 1. The number of carbonyl (C=O) groups is 1. The second-order valence-corrected chi connectivity index (χ2v) is 5.12. The third-order valence-corrected chi connectivity index (χ3v) is 3.44. The third-order valence-electron chi connectivity index (χ3n) is 3.44. The van der Waals surface area contributed by atoms with Crippen LogP contribution in [-0.4, -0.2) is 24.2 Å². The van der Waals surface area contributed by atoms with E-state index in [2.05, 4.69) is 11.9 Å². The molecule has 1 aliphatic rings. The van der Waals surface area contributed by atoms with Gasteiger partial charge in [-0.05, 0) is 31.2 Å². The Morgan fingerprint density at radius 1 is 1.47 bits per heavy atom. The molecule has 0 spiro atoms. The van der Waals surface area contributed by atoms with Crippen LogP contribution < -0.4 is 10.5 Å². The molecule has 1 aliphatic carbocycles. The van der Waals surface area contributed by atoms with E-state index < -0.39 is 5.97 Å². The second kappa shape index (κ2) is 5.91. The molecule has 5 nitrogen and oxygen atoms in total. The molecular formula is C14H20N2O3. The molecule has 1 aromatic heterocycles. The summed E-state index contributed by atoms with van der Waals surface area (Å²) in [6.45, 7) is 2.22. The number of nitrogens with zero attached hydrogens (tertiary/aromatic N) is 1. The van der Waals surface area contributed by atoms with Crippen molar-refractivity contribution in [2.45, 2.75) is 38.7 Å². The summed E-state index contributed by atoms with van der Waals surface area (Å²) in [7, 11) is 1.33. The van der Waals surface area contributed by atoms with Gasteiger partial charge in [-0.15, -0.1) is 0 Å². The Hall–Kier alpha value is -1.78. The zero-order valence-corrected chi connectivity index (χ0v) is 11.4. The molecule has 0 amide bonds. The van der Waals surface area contributed by atoms with Crippen LogP contribution in [0.5, 0.6) is 5.88 Å². The summed E-state index contributed by atoms with van der Waals surface area (Å²) in [5.74, 6) is 0.493. The van der Waals surface area contributed by atoms with E-state index in [0.717, 1.165) is 19.3 Å². The molecule has 2 atom stereocenters.